The summed E-state index contributed by atoms with van der Waals surface area (Å²) in [4.78, 5) is 12.7. The lowest BCUT2D eigenvalue weighted by atomic mass is 9.89. The third kappa shape index (κ3) is 8.22. The molecule has 0 spiro atoms. The molecule has 0 aromatic heterocycles. The topological polar surface area (TPSA) is 120 Å². The van der Waals surface area contributed by atoms with Crippen LogP contribution in [0, 0.1) is 11.3 Å². The van der Waals surface area contributed by atoms with Gasteiger partial charge in [0.15, 0.2) is 9.84 Å². The van der Waals surface area contributed by atoms with Gasteiger partial charge in [-0.25, -0.2) is 13.2 Å². The van der Waals surface area contributed by atoms with E-state index < -0.39 is 26.7 Å². The van der Waals surface area contributed by atoms with Crippen molar-refractivity contribution in [1.82, 2.24) is 10.2 Å². The van der Waals surface area contributed by atoms with Gasteiger partial charge in [-0.05, 0) is 75.0 Å². The number of nitrogens with zero attached hydrogens (tertiary/aromatic N) is 2. The van der Waals surface area contributed by atoms with Crippen LogP contribution < -0.4 is 5.32 Å². The molecule has 2 N–H and O–H groups in total. The van der Waals surface area contributed by atoms with E-state index in [1.54, 1.807) is 6.07 Å². The lowest BCUT2D eigenvalue weighted by Gasteiger charge is -2.34. The molecule has 38 heavy (non-hydrogen) atoms. The Bertz CT molecular complexity index is 1260. The van der Waals surface area contributed by atoms with Gasteiger partial charge in [0, 0.05) is 23.1 Å². The predicted molar refractivity (Wildman–Crippen MR) is 148 cm³/mol. The van der Waals surface area contributed by atoms with Crippen LogP contribution in [0.2, 0.25) is 15.1 Å². The Morgan fingerprint density at radius 1 is 1.13 bits per heavy atom. The Morgan fingerprint density at radius 2 is 1.76 bits per heavy atom. The second-order valence-electron chi connectivity index (χ2n) is 9.54. The van der Waals surface area contributed by atoms with Crippen molar-refractivity contribution in [3.05, 3.63) is 63.1 Å². The number of amides is 1. The van der Waals surface area contributed by atoms with Crippen molar-refractivity contribution in [3.8, 4) is 6.07 Å². The van der Waals surface area contributed by atoms with Gasteiger partial charge in [0.1, 0.15) is 5.54 Å². The van der Waals surface area contributed by atoms with Crippen molar-refractivity contribution in [2.24, 2.45) is 0 Å². The summed E-state index contributed by atoms with van der Waals surface area (Å²) in [6.07, 6.45) is 1.66. The molecule has 1 saturated heterocycles. The molecule has 0 bridgehead atoms. The number of carboxylic acid groups (broad SMARTS) is 1. The number of nitriles is 1. The standard InChI is InChI=1S/C18H17Cl3O3S.C8H13N3O2/c19-13-3-1-12(2-4-13)11-24-15-6-7-16(10-15)25(22,23)18-8-5-14(20)9-17(18)21;1-11-4-2-8(6-9,3-5-11)10-7(12)13/h1-5,8-9,15-16H,6-7,10-11H2;10H,2-5H2,1H3,(H,12,13)/t15-,16-;/m0./s1. The number of hydrogen-bond donors (Lipinski definition) is 2. The Hall–Kier alpha value is -2.06. The molecule has 1 aliphatic heterocycles. The van der Waals surface area contributed by atoms with E-state index in [2.05, 4.69) is 16.3 Å². The number of rotatable bonds is 6. The number of carbonyl (C=O) groups is 1. The second kappa shape index (κ2) is 13.3. The summed E-state index contributed by atoms with van der Waals surface area (Å²) in [6, 6.07) is 14.0. The smallest absolute Gasteiger partial charge is 0.405 e. The zero-order valence-electron chi connectivity index (χ0n) is 20.9. The third-order valence-electron chi connectivity index (χ3n) is 6.78. The van der Waals surface area contributed by atoms with Gasteiger partial charge in [-0.3, -0.25) is 0 Å². The van der Waals surface area contributed by atoms with E-state index in [1.165, 1.54) is 12.1 Å². The first-order chi connectivity index (χ1) is 17.9. The maximum Gasteiger partial charge on any atom is 0.405 e. The van der Waals surface area contributed by atoms with Gasteiger partial charge in [0.05, 0.1) is 33.9 Å². The molecule has 8 nitrogen and oxygen atoms in total. The minimum atomic E-state index is -3.50. The molecule has 206 valence electrons. The highest BCUT2D eigenvalue weighted by atomic mass is 35.5. The number of piperidine rings is 1. The molecule has 0 radical (unpaired) electrons. The largest absolute Gasteiger partial charge is 0.465 e. The van der Waals surface area contributed by atoms with E-state index >= 15 is 0 Å². The van der Waals surface area contributed by atoms with Gasteiger partial charge >= 0.3 is 6.09 Å². The molecule has 1 aliphatic carbocycles. The van der Waals surface area contributed by atoms with Crippen LogP contribution in [0.15, 0.2) is 47.4 Å². The number of nitrogens with one attached hydrogen (secondary N) is 1. The molecule has 1 amide bonds. The second-order valence-corrected chi connectivity index (χ2v) is 13.0. The molecule has 2 atom stereocenters. The number of benzene rings is 2. The lowest BCUT2D eigenvalue weighted by Crippen LogP contribution is -2.53. The van der Waals surface area contributed by atoms with Crippen LogP contribution in [0.1, 0.15) is 37.7 Å². The molecule has 1 heterocycles. The first-order valence-corrected chi connectivity index (χ1v) is 14.8. The number of halogens is 3. The molecular weight excluding hydrogens is 573 g/mol. The average molecular weight is 603 g/mol. The molecule has 4 rings (SSSR count). The first kappa shape index (κ1) is 30.5. The van der Waals surface area contributed by atoms with E-state index in [-0.39, 0.29) is 16.0 Å². The first-order valence-electron chi connectivity index (χ1n) is 12.1. The normalized spacial score (nSPS) is 21.1. The highest BCUT2D eigenvalue weighted by molar-refractivity contribution is 7.92. The van der Waals surface area contributed by atoms with Crippen molar-refractivity contribution >= 4 is 50.7 Å². The molecular formula is C26H30Cl3N3O5S. The summed E-state index contributed by atoms with van der Waals surface area (Å²) in [7, 11) is -1.54. The van der Waals surface area contributed by atoms with Crippen molar-refractivity contribution < 1.29 is 23.1 Å². The highest BCUT2D eigenvalue weighted by Crippen LogP contribution is 2.35. The quantitative estimate of drug-likeness (QED) is 0.429. The van der Waals surface area contributed by atoms with E-state index in [1.807, 2.05) is 31.3 Å². The SMILES string of the molecule is CN1CCC(C#N)(NC(=O)O)CC1.O=S(=O)(c1ccc(Cl)cc1Cl)[C@H]1CC[C@H](OCc2ccc(Cl)cc2)C1. The average Bonchev–Trinajstić information content (AvgIpc) is 3.35. The van der Waals surface area contributed by atoms with Crippen molar-refractivity contribution in [2.45, 2.75) is 60.5 Å². The van der Waals surface area contributed by atoms with E-state index in [9.17, 15) is 13.2 Å². The molecule has 2 fully saturated rings. The van der Waals surface area contributed by atoms with Gasteiger partial charge in [-0.2, -0.15) is 5.26 Å². The van der Waals surface area contributed by atoms with Gasteiger partial charge in [0.25, 0.3) is 0 Å². The van der Waals surface area contributed by atoms with Crippen LogP contribution in [0.4, 0.5) is 4.79 Å². The van der Waals surface area contributed by atoms with Crippen LogP contribution in [-0.2, 0) is 21.2 Å². The fraction of sp³-hybridized carbons (Fsp3) is 0.462. The maximum atomic E-state index is 12.8. The Kier molecular flexibility index (Phi) is 10.7. The van der Waals surface area contributed by atoms with Crippen LogP contribution in [0.5, 0.6) is 0 Å². The Balaban J connectivity index is 0.000000260. The Morgan fingerprint density at radius 3 is 2.34 bits per heavy atom. The summed E-state index contributed by atoms with van der Waals surface area (Å²) in [6.45, 7) is 1.96. The fourth-order valence-electron chi connectivity index (χ4n) is 4.48. The van der Waals surface area contributed by atoms with Crippen LogP contribution in [0.3, 0.4) is 0 Å². The summed E-state index contributed by atoms with van der Waals surface area (Å²) >= 11 is 17.8. The van der Waals surface area contributed by atoms with Crippen molar-refractivity contribution in [2.75, 3.05) is 20.1 Å². The Labute approximate surface area is 238 Å². The maximum absolute atomic E-state index is 12.8. The van der Waals surface area contributed by atoms with Crippen molar-refractivity contribution in [3.63, 3.8) is 0 Å². The van der Waals surface area contributed by atoms with Gasteiger partial charge in [-0.1, -0.05) is 46.9 Å². The summed E-state index contributed by atoms with van der Waals surface area (Å²) in [5, 5.41) is 20.5. The molecule has 12 heteroatoms. The number of likely N-dealkylation sites (tertiary alicyclic amines) is 1. The number of sulfone groups is 1. The van der Waals surface area contributed by atoms with E-state index in [0.29, 0.717) is 48.8 Å². The zero-order chi connectivity index (χ0) is 27.9. The molecule has 2 aromatic carbocycles. The van der Waals surface area contributed by atoms with E-state index in [4.69, 9.17) is 49.9 Å². The van der Waals surface area contributed by atoms with Crippen LogP contribution in [-0.4, -0.2) is 61.5 Å². The highest BCUT2D eigenvalue weighted by Gasteiger charge is 2.37. The fourth-order valence-corrected chi connectivity index (χ4v) is 7.20. The molecule has 2 aromatic rings. The minimum absolute atomic E-state index is 0.0819. The molecule has 2 aliphatic rings. The number of hydrogen-bond acceptors (Lipinski definition) is 6. The van der Waals surface area contributed by atoms with Crippen molar-refractivity contribution in [1.29, 1.82) is 5.26 Å². The van der Waals surface area contributed by atoms with Gasteiger partial charge in [-0.15, -0.1) is 0 Å². The predicted octanol–water partition coefficient (Wildman–Crippen LogP) is 5.80. The summed E-state index contributed by atoms with van der Waals surface area (Å²) in [5.41, 5.74) is 0.148. The zero-order valence-corrected chi connectivity index (χ0v) is 24.0. The summed E-state index contributed by atoms with van der Waals surface area (Å²) in [5.74, 6) is 0. The van der Waals surface area contributed by atoms with Crippen LogP contribution >= 0.6 is 34.8 Å². The summed E-state index contributed by atoms with van der Waals surface area (Å²) < 4.78 is 31.5. The van der Waals surface area contributed by atoms with Gasteiger partial charge < -0.3 is 20.1 Å². The lowest BCUT2D eigenvalue weighted by molar-refractivity contribution is 0.0458. The van der Waals surface area contributed by atoms with Crippen LogP contribution in [0.25, 0.3) is 0 Å². The minimum Gasteiger partial charge on any atom is -0.465 e. The third-order valence-corrected chi connectivity index (χ3v) is 9.96. The molecule has 0 unspecified atom stereocenters. The monoisotopic (exact) mass is 601 g/mol. The number of ether oxygens (including phenoxy) is 1. The van der Waals surface area contributed by atoms with E-state index in [0.717, 1.165) is 18.7 Å². The van der Waals surface area contributed by atoms with Gasteiger partial charge in [0.2, 0.25) is 0 Å². The molecule has 1 saturated carbocycles.